The second-order valence-electron chi connectivity index (χ2n) is 6.60. The van der Waals surface area contributed by atoms with Crippen molar-refractivity contribution in [3.8, 4) is 11.4 Å². The molecule has 0 bridgehead atoms. The summed E-state index contributed by atoms with van der Waals surface area (Å²) in [7, 11) is 3.29. The normalized spacial score (nSPS) is 15.6. The highest BCUT2D eigenvalue weighted by atomic mass is 35.5. The van der Waals surface area contributed by atoms with Gasteiger partial charge in [-0.3, -0.25) is 4.79 Å². The molecule has 1 aliphatic heterocycles. The van der Waals surface area contributed by atoms with Crippen molar-refractivity contribution in [2.24, 2.45) is 5.41 Å². The monoisotopic (exact) mass is 394 g/mol. The van der Waals surface area contributed by atoms with Crippen molar-refractivity contribution in [2.45, 2.75) is 19.4 Å². The second-order valence-corrected chi connectivity index (χ2v) is 6.60. The summed E-state index contributed by atoms with van der Waals surface area (Å²) in [6.07, 6.45) is 3.46. The molecule has 148 valence electrons. The van der Waals surface area contributed by atoms with Gasteiger partial charge in [0.1, 0.15) is 5.75 Å². The van der Waals surface area contributed by atoms with Gasteiger partial charge >= 0.3 is 0 Å². The van der Waals surface area contributed by atoms with E-state index in [1.165, 1.54) is 0 Å². The summed E-state index contributed by atoms with van der Waals surface area (Å²) >= 11 is 0. The molecule has 2 aromatic rings. The molecular weight excluding hydrogens is 368 g/mol. The van der Waals surface area contributed by atoms with Crippen LogP contribution in [0.1, 0.15) is 18.5 Å². The fraction of sp³-hybridized carbons (Fsp3) is 0.474. The van der Waals surface area contributed by atoms with E-state index in [-0.39, 0.29) is 18.3 Å². The fourth-order valence-corrected chi connectivity index (χ4v) is 3.31. The van der Waals surface area contributed by atoms with Crippen LogP contribution in [0.15, 0.2) is 36.5 Å². The molecular formula is C19H27ClN4O3. The number of methoxy groups -OCH3 is 2. The molecule has 8 heteroatoms. The van der Waals surface area contributed by atoms with Crippen molar-refractivity contribution in [1.82, 2.24) is 20.4 Å². The summed E-state index contributed by atoms with van der Waals surface area (Å²) in [5, 5.41) is 10.9. The Bertz CT molecular complexity index is 721. The van der Waals surface area contributed by atoms with Gasteiger partial charge in [-0.25, -0.2) is 4.68 Å². The molecule has 0 aliphatic carbocycles. The molecule has 0 radical (unpaired) electrons. The topological polar surface area (TPSA) is 77.4 Å². The molecule has 1 aliphatic rings. The van der Waals surface area contributed by atoms with Gasteiger partial charge in [0.05, 0.1) is 37.1 Å². The minimum atomic E-state index is -0.446. The lowest BCUT2D eigenvalue weighted by Crippen LogP contribution is -2.50. The fourth-order valence-electron chi connectivity index (χ4n) is 3.31. The Kier molecular flexibility index (Phi) is 7.65. The van der Waals surface area contributed by atoms with Crippen LogP contribution in [0.4, 0.5) is 0 Å². The third-order valence-electron chi connectivity index (χ3n) is 4.87. The second kappa shape index (κ2) is 9.73. The van der Waals surface area contributed by atoms with Crippen LogP contribution in [0, 0.1) is 5.41 Å². The molecule has 3 rings (SSSR count). The Hall–Kier alpha value is -2.09. The number of amides is 1. The van der Waals surface area contributed by atoms with Crippen molar-refractivity contribution < 1.29 is 14.3 Å². The number of aromatic nitrogens is 2. The van der Waals surface area contributed by atoms with Crippen molar-refractivity contribution in [2.75, 3.05) is 33.9 Å². The van der Waals surface area contributed by atoms with Crippen LogP contribution < -0.4 is 15.4 Å². The third kappa shape index (κ3) is 5.00. The molecule has 27 heavy (non-hydrogen) atoms. The smallest absolute Gasteiger partial charge is 0.228 e. The van der Waals surface area contributed by atoms with Gasteiger partial charge in [0, 0.05) is 13.3 Å². The van der Waals surface area contributed by atoms with Gasteiger partial charge < -0.3 is 20.1 Å². The molecule has 1 amide bonds. The Morgan fingerprint density at radius 3 is 2.56 bits per heavy atom. The summed E-state index contributed by atoms with van der Waals surface area (Å²) in [6.45, 7) is 2.52. The lowest BCUT2D eigenvalue weighted by Gasteiger charge is -2.35. The number of halogens is 1. The Labute approximate surface area is 165 Å². The first kappa shape index (κ1) is 21.2. The van der Waals surface area contributed by atoms with Crippen LogP contribution in [0.5, 0.6) is 5.75 Å². The quantitative estimate of drug-likeness (QED) is 0.750. The number of piperidine rings is 1. The van der Waals surface area contributed by atoms with Gasteiger partial charge in [-0.1, -0.05) is 0 Å². The molecule has 0 spiro atoms. The van der Waals surface area contributed by atoms with Crippen molar-refractivity contribution in [3.63, 3.8) is 0 Å². The Morgan fingerprint density at radius 2 is 1.93 bits per heavy atom. The third-order valence-corrected chi connectivity index (χ3v) is 4.87. The molecule has 1 saturated heterocycles. The zero-order valence-corrected chi connectivity index (χ0v) is 16.6. The van der Waals surface area contributed by atoms with E-state index in [0.29, 0.717) is 13.2 Å². The largest absolute Gasteiger partial charge is 0.497 e. The van der Waals surface area contributed by atoms with Crippen LogP contribution in [0.3, 0.4) is 0 Å². The maximum absolute atomic E-state index is 12.8. The minimum Gasteiger partial charge on any atom is -0.497 e. The van der Waals surface area contributed by atoms with E-state index in [9.17, 15) is 4.79 Å². The summed E-state index contributed by atoms with van der Waals surface area (Å²) in [6, 6.07) is 9.58. The molecule has 0 saturated carbocycles. The van der Waals surface area contributed by atoms with Crippen LogP contribution >= 0.6 is 12.4 Å². The summed E-state index contributed by atoms with van der Waals surface area (Å²) in [5.74, 6) is 0.846. The first-order chi connectivity index (χ1) is 12.7. The van der Waals surface area contributed by atoms with E-state index in [4.69, 9.17) is 9.47 Å². The van der Waals surface area contributed by atoms with Gasteiger partial charge in [0.2, 0.25) is 5.91 Å². The highest BCUT2D eigenvalue weighted by molar-refractivity contribution is 5.85. The molecule has 1 aromatic heterocycles. The van der Waals surface area contributed by atoms with Gasteiger partial charge in [0.25, 0.3) is 0 Å². The molecule has 7 nitrogen and oxygen atoms in total. The van der Waals surface area contributed by atoms with E-state index in [2.05, 4.69) is 15.7 Å². The molecule has 0 atom stereocenters. The van der Waals surface area contributed by atoms with Crippen LogP contribution in [-0.2, 0) is 16.1 Å². The number of hydrogen-bond donors (Lipinski definition) is 2. The molecule has 0 unspecified atom stereocenters. The standard InChI is InChI=1S/C19H26N4O3.ClH/c1-25-14-19(8-10-20-11-9-19)18(24)21-13-15-7-12-23(22-15)16-3-5-17(26-2)6-4-16;/h3-7,12,20H,8-11,13-14H2,1-2H3,(H,21,24);1H. The van der Waals surface area contributed by atoms with Crippen LogP contribution in [0.2, 0.25) is 0 Å². The molecule has 1 fully saturated rings. The van der Waals surface area contributed by atoms with Crippen molar-refractivity contribution >= 4 is 18.3 Å². The van der Waals surface area contributed by atoms with Gasteiger partial charge in [-0.2, -0.15) is 5.10 Å². The number of nitrogens with one attached hydrogen (secondary N) is 2. The molecule has 2 N–H and O–H groups in total. The first-order valence-corrected chi connectivity index (χ1v) is 8.84. The zero-order valence-electron chi connectivity index (χ0n) is 15.7. The summed E-state index contributed by atoms with van der Waals surface area (Å²) in [5.41, 5.74) is 1.31. The lowest BCUT2D eigenvalue weighted by molar-refractivity contribution is -0.136. The highest BCUT2D eigenvalue weighted by Crippen LogP contribution is 2.29. The summed E-state index contributed by atoms with van der Waals surface area (Å²) < 4.78 is 12.3. The van der Waals surface area contributed by atoms with Crippen LogP contribution in [-0.4, -0.2) is 49.6 Å². The number of carbonyl (C=O) groups is 1. The number of nitrogens with zero attached hydrogens (tertiary/aromatic N) is 2. The molecule has 1 aromatic carbocycles. The average Bonchev–Trinajstić information content (AvgIpc) is 3.16. The van der Waals surface area contributed by atoms with Gasteiger partial charge in [-0.05, 0) is 56.3 Å². The van der Waals surface area contributed by atoms with E-state index in [1.54, 1.807) is 18.9 Å². The van der Waals surface area contributed by atoms with Crippen LogP contribution in [0.25, 0.3) is 5.69 Å². The summed E-state index contributed by atoms with van der Waals surface area (Å²) in [4.78, 5) is 12.8. The Morgan fingerprint density at radius 1 is 1.22 bits per heavy atom. The number of ether oxygens (including phenoxy) is 2. The lowest BCUT2D eigenvalue weighted by atomic mass is 9.78. The van der Waals surface area contributed by atoms with Crippen molar-refractivity contribution in [3.05, 3.63) is 42.2 Å². The number of rotatable bonds is 7. The average molecular weight is 395 g/mol. The SMILES string of the molecule is COCC1(C(=O)NCc2ccn(-c3ccc(OC)cc3)n2)CCNCC1.Cl. The molecule has 2 heterocycles. The maximum Gasteiger partial charge on any atom is 0.228 e. The van der Waals surface area contributed by atoms with Gasteiger partial charge in [-0.15, -0.1) is 12.4 Å². The van der Waals surface area contributed by atoms with E-state index in [1.807, 2.05) is 36.5 Å². The predicted molar refractivity (Wildman–Crippen MR) is 106 cm³/mol. The number of hydrogen-bond acceptors (Lipinski definition) is 5. The van der Waals surface area contributed by atoms with Gasteiger partial charge in [0.15, 0.2) is 0 Å². The van der Waals surface area contributed by atoms with Crippen molar-refractivity contribution in [1.29, 1.82) is 0 Å². The highest BCUT2D eigenvalue weighted by Gasteiger charge is 2.39. The first-order valence-electron chi connectivity index (χ1n) is 8.84. The predicted octanol–water partition coefficient (Wildman–Crippen LogP) is 1.94. The maximum atomic E-state index is 12.8. The van der Waals surface area contributed by atoms with E-state index in [0.717, 1.165) is 43.1 Å². The number of carbonyl (C=O) groups excluding carboxylic acids is 1. The Balaban J connectivity index is 0.00000261. The van der Waals surface area contributed by atoms with E-state index < -0.39 is 5.41 Å². The minimum absolute atomic E-state index is 0. The van der Waals surface area contributed by atoms with E-state index >= 15 is 0 Å². The number of benzene rings is 1. The zero-order chi connectivity index (χ0) is 18.4.